The fraction of sp³-hybridized carbons (Fsp3) is 0.462. The van der Waals surface area contributed by atoms with E-state index in [0.717, 1.165) is 29.7 Å². The third-order valence-electron chi connectivity index (χ3n) is 3.02. The van der Waals surface area contributed by atoms with Gasteiger partial charge in [-0.05, 0) is 37.0 Å². The second-order valence-corrected chi connectivity index (χ2v) is 5.55. The van der Waals surface area contributed by atoms with E-state index in [1.54, 1.807) is 0 Å². The fourth-order valence-electron chi connectivity index (χ4n) is 2.14. The van der Waals surface area contributed by atoms with Crippen LogP contribution in [0.1, 0.15) is 19.8 Å². The van der Waals surface area contributed by atoms with E-state index in [1.165, 1.54) is 6.42 Å². The summed E-state index contributed by atoms with van der Waals surface area (Å²) in [6.45, 7) is 3.92. The predicted octanol–water partition coefficient (Wildman–Crippen LogP) is 3.71. The van der Waals surface area contributed by atoms with E-state index in [-0.39, 0.29) is 6.03 Å². The van der Waals surface area contributed by atoms with Gasteiger partial charge in [0.1, 0.15) is 0 Å². The first-order chi connectivity index (χ1) is 8.15. The van der Waals surface area contributed by atoms with Crippen LogP contribution in [-0.2, 0) is 0 Å². The normalized spacial score (nSPS) is 20.1. The molecule has 17 heavy (non-hydrogen) atoms. The van der Waals surface area contributed by atoms with Gasteiger partial charge in [0.15, 0.2) is 0 Å². The van der Waals surface area contributed by atoms with Crippen LogP contribution in [0.4, 0.5) is 10.5 Å². The Morgan fingerprint density at radius 2 is 2.35 bits per heavy atom. The van der Waals surface area contributed by atoms with Crippen molar-refractivity contribution in [2.24, 2.45) is 5.92 Å². The standard InChI is InChI=1S/C13H17BrN2O/c1-10-4-3-7-16(9-10)13(17)15-12-6-2-5-11(14)8-12/h2,5-6,8,10H,3-4,7,9H2,1H3,(H,15,17)/t10-/m0/s1. The van der Waals surface area contributed by atoms with Crippen LogP contribution in [0.2, 0.25) is 0 Å². The highest BCUT2D eigenvalue weighted by molar-refractivity contribution is 9.10. The Kier molecular flexibility index (Phi) is 4.05. The Balaban J connectivity index is 1.96. The van der Waals surface area contributed by atoms with E-state index < -0.39 is 0 Å². The Bertz CT molecular complexity index is 408. The van der Waals surface area contributed by atoms with Crippen molar-refractivity contribution in [2.75, 3.05) is 18.4 Å². The monoisotopic (exact) mass is 296 g/mol. The molecule has 1 N–H and O–H groups in total. The molecule has 0 bridgehead atoms. The van der Waals surface area contributed by atoms with E-state index in [4.69, 9.17) is 0 Å². The van der Waals surface area contributed by atoms with Crippen LogP contribution in [0.25, 0.3) is 0 Å². The summed E-state index contributed by atoms with van der Waals surface area (Å²) in [5, 5.41) is 2.93. The number of urea groups is 1. The minimum atomic E-state index is 0.00894. The number of amides is 2. The lowest BCUT2D eigenvalue weighted by Crippen LogP contribution is -2.41. The Hall–Kier alpha value is -1.03. The average molecular weight is 297 g/mol. The molecule has 0 saturated carbocycles. The summed E-state index contributed by atoms with van der Waals surface area (Å²) in [6.07, 6.45) is 2.33. The summed E-state index contributed by atoms with van der Waals surface area (Å²) < 4.78 is 0.974. The van der Waals surface area contributed by atoms with Crippen LogP contribution in [0.5, 0.6) is 0 Å². The van der Waals surface area contributed by atoms with Gasteiger partial charge in [-0.25, -0.2) is 4.79 Å². The third-order valence-corrected chi connectivity index (χ3v) is 3.51. The van der Waals surface area contributed by atoms with E-state index in [1.807, 2.05) is 29.2 Å². The fourth-order valence-corrected chi connectivity index (χ4v) is 2.54. The molecule has 1 saturated heterocycles. The maximum atomic E-state index is 12.0. The smallest absolute Gasteiger partial charge is 0.321 e. The summed E-state index contributed by atoms with van der Waals surface area (Å²) in [5.74, 6) is 0.608. The first kappa shape index (κ1) is 12.4. The molecule has 0 spiro atoms. The van der Waals surface area contributed by atoms with Crippen LogP contribution in [-0.4, -0.2) is 24.0 Å². The number of benzene rings is 1. The molecule has 0 unspecified atom stereocenters. The molecule has 2 rings (SSSR count). The largest absolute Gasteiger partial charge is 0.324 e. The minimum absolute atomic E-state index is 0.00894. The van der Waals surface area contributed by atoms with E-state index in [0.29, 0.717) is 5.92 Å². The number of carbonyl (C=O) groups is 1. The molecule has 2 amide bonds. The van der Waals surface area contributed by atoms with E-state index in [2.05, 4.69) is 28.2 Å². The highest BCUT2D eigenvalue weighted by atomic mass is 79.9. The van der Waals surface area contributed by atoms with Crippen LogP contribution >= 0.6 is 15.9 Å². The Morgan fingerprint density at radius 1 is 1.53 bits per heavy atom. The highest BCUT2D eigenvalue weighted by Gasteiger charge is 2.20. The topological polar surface area (TPSA) is 32.3 Å². The van der Waals surface area contributed by atoms with Crippen molar-refractivity contribution in [3.63, 3.8) is 0 Å². The van der Waals surface area contributed by atoms with Crippen LogP contribution < -0.4 is 5.32 Å². The third kappa shape index (κ3) is 3.46. The van der Waals surface area contributed by atoms with Crippen molar-refractivity contribution in [1.82, 2.24) is 4.90 Å². The molecule has 1 fully saturated rings. The van der Waals surface area contributed by atoms with E-state index >= 15 is 0 Å². The van der Waals surface area contributed by atoms with Crippen molar-refractivity contribution < 1.29 is 4.79 Å². The number of hydrogen-bond donors (Lipinski definition) is 1. The molecule has 1 aliphatic rings. The quantitative estimate of drug-likeness (QED) is 0.842. The zero-order valence-electron chi connectivity index (χ0n) is 9.95. The van der Waals surface area contributed by atoms with Gasteiger partial charge in [-0.1, -0.05) is 28.9 Å². The minimum Gasteiger partial charge on any atom is -0.324 e. The zero-order valence-corrected chi connectivity index (χ0v) is 11.5. The van der Waals surface area contributed by atoms with Gasteiger partial charge in [-0.15, -0.1) is 0 Å². The predicted molar refractivity (Wildman–Crippen MR) is 73.1 cm³/mol. The molecule has 1 aliphatic heterocycles. The van der Waals surface area contributed by atoms with Crippen molar-refractivity contribution in [3.8, 4) is 0 Å². The molecular formula is C13H17BrN2O. The second kappa shape index (κ2) is 5.54. The summed E-state index contributed by atoms with van der Waals surface area (Å²) in [5.41, 5.74) is 0.836. The van der Waals surface area contributed by atoms with Crippen molar-refractivity contribution in [2.45, 2.75) is 19.8 Å². The second-order valence-electron chi connectivity index (χ2n) is 4.63. The number of anilines is 1. The lowest BCUT2D eigenvalue weighted by molar-refractivity contribution is 0.182. The number of likely N-dealkylation sites (tertiary alicyclic amines) is 1. The molecule has 0 aromatic heterocycles. The van der Waals surface area contributed by atoms with Crippen LogP contribution in [0.3, 0.4) is 0 Å². The summed E-state index contributed by atoms with van der Waals surface area (Å²) in [6, 6.07) is 7.67. The number of halogens is 1. The first-order valence-electron chi connectivity index (χ1n) is 5.96. The maximum absolute atomic E-state index is 12.0. The summed E-state index contributed by atoms with van der Waals surface area (Å²) in [4.78, 5) is 13.9. The molecule has 0 aliphatic carbocycles. The number of piperidine rings is 1. The maximum Gasteiger partial charge on any atom is 0.321 e. The van der Waals surface area contributed by atoms with Gasteiger partial charge in [0.2, 0.25) is 0 Å². The van der Waals surface area contributed by atoms with Gasteiger partial charge >= 0.3 is 6.03 Å². The van der Waals surface area contributed by atoms with Gasteiger partial charge in [0.25, 0.3) is 0 Å². The molecule has 92 valence electrons. The van der Waals surface area contributed by atoms with Gasteiger partial charge in [0.05, 0.1) is 0 Å². The van der Waals surface area contributed by atoms with Crippen LogP contribution in [0, 0.1) is 5.92 Å². The Morgan fingerprint density at radius 3 is 3.06 bits per heavy atom. The molecule has 1 aromatic carbocycles. The van der Waals surface area contributed by atoms with Gasteiger partial charge < -0.3 is 10.2 Å². The van der Waals surface area contributed by atoms with Gasteiger partial charge in [0, 0.05) is 23.2 Å². The highest BCUT2D eigenvalue weighted by Crippen LogP contribution is 2.19. The van der Waals surface area contributed by atoms with Crippen molar-refractivity contribution in [3.05, 3.63) is 28.7 Å². The average Bonchev–Trinajstić information content (AvgIpc) is 2.29. The van der Waals surface area contributed by atoms with Crippen molar-refractivity contribution in [1.29, 1.82) is 0 Å². The Labute approximate surface area is 110 Å². The summed E-state index contributed by atoms with van der Waals surface area (Å²) >= 11 is 3.39. The summed E-state index contributed by atoms with van der Waals surface area (Å²) in [7, 11) is 0. The lowest BCUT2D eigenvalue weighted by atomic mass is 10.0. The molecule has 4 heteroatoms. The zero-order chi connectivity index (χ0) is 12.3. The molecule has 1 aromatic rings. The molecule has 1 heterocycles. The number of rotatable bonds is 1. The molecule has 3 nitrogen and oxygen atoms in total. The van der Waals surface area contributed by atoms with Gasteiger partial charge in [-0.3, -0.25) is 0 Å². The molecular weight excluding hydrogens is 280 g/mol. The first-order valence-corrected chi connectivity index (χ1v) is 6.76. The van der Waals surface area contributed by atoms with Gasteiger partial charge in [-0.2, -0.15) is 0 Å². The number of nitrogens with one attached hydrogen (secondary N) is 1. The number of nitrogens with zero attached hydrogens (tertiary/aromatic N) is 1. The number of hydrogen-bond acceptors (Lipinski definition) is 1. The molecule has 1 atom stereocenters. The van der Waals surface area contributed by atoms with Crippen LogP contribution in [0.15, 0.2) is 28.7 Å². The van der Waals surface area contributed by atoms with Crippen molar-refractivity contribution >= 4 is 27.6 Å². The lowest BCUT2D eigenvalue weighted by Gasteiger charge is -2.30. The number of carbonyl (C=O) groups excluding carboxylic acids is 1. The SMILES string of the molecule is C[C@H]1CCCN(C(=O)Nc2cccc(Br)c2)C1. The van der Waals surface area contributed by atoms with E-state index in [9.17, 15) is 4.79 Å². The molecule has 0 radical (unpaired) electrons.